The molecular weight excluding hydrogens is 240 g/mol. The Morgan fingerprint density at radius 2 is 1.83 bits per heavy atom. The minimum atomic E-state index is -0.844. The zero-order chi connectivity index (χ0) is 13.1. The van der Waals surface area contributed by atoms with Gasteiger partial charge in [0.2, 0.25) is 0 Å². The summed E-state index contributed by atoms with van der Waals surface area (Å²) in [5, 5.41) is 2.12. The third-order valence-corrected chi connectivity index (χ3v) is 2.21. The summed E-state index contributed by atoms with van der Waals surface area (Å²) in [5.74, 6) is -2.40. The molecule has 0 unspecified atom stereocenters. The molecule has 1 amide bonds. The van der Waals surface area contributed by atoms with Crippen LogP contribution in [-0.4, -0.2) is 15.9 Å². The molecule has 1 aromatic heterocycles. The van der Waals surface area contributed by atoms with Crippen LogP contribution in [0, 0.1) is 18.6 Å². The first kappa shape index (κ1) is 12.1. The fourth-order valence-corrected chi connectivity index (χ4v) is 1.30. The van der Waals surface area contributed by atoms with Crippen LogP contribution in [-0.2, 0) is 0 Å². The molecule has 0 aliphatic heterocycles. The van der Waals surface area contributed by atoms with Gasteiger partial charge in [-0.15, -0.1) is 0 Å². The summed E-state index contributed by atoms with van der Waals surface area (Å²) in [6.07, 6.45) is 2.63. The van der Waals surface area contributed by atoms with Crippen molar-refractivity contribution >= 4 is 11.6 Å². The minimum Gasteiger partial charge on any atom is -0.316 e. The van der Waals surface area contributed by atoms with E-state index < -0.39 is 23.2 Å². The fraction of sp³-hybridized carbons (Fsp3) is 0.0833. The van der Waals surface area contributed by atoms with E-state index in [0.29, 0.717) is 5.69 Å². The first-order valence-corrected chi connectivity index (χ1v) is 5.12. The molecule has 1 aromatic carbocycles. The standard InChI is InChI=1S/C12H9F2N3O/c1-7-5-16-10(6-15-7)12(18)17-11-8(13)3-2-4-9(11)14/h2-6H,1H3,(H,17,18). The number of carbonyl (C=O) groups is 1. The lowest BCUT2D eigenvalue weighted by Gasteiger charge is -2.06. The molecule has 1 N–H and O–H groups in total. The van der Waals surface area contributed by atoms with Gasteiger partial charge in [-0.1, -0.05) is 6.07 Å². The second-order valence-corrected chi connectivity index (χ2v) is 3.59. The van der Waals surface area contributed by atoms with Crippen molar-refractivity contribution in [1.29, 1.82) is 0 Å². The van der Waals surface area contributed by atoms with E-state index in [0.717, 1.165) is 12.1 Å². The number of benzene rings is 1. The normalized spacial score (nSPS) is 10.2. The predicted molar refractivity (Wildman–Crippen MR) is 61.1 cm³/mol. The third kappa shape index (κ3) is 2.48. The number of aryl methyl sites for hydroxylation is 1. The average molecular weight is 249 g/mol. The smallest absolute Gasteiger partial charge is 0.276 e. The Labute approximate surface area is 102 Å². The molecule has 2 aromatic rings. The topological polar surface area (TPSA) is 54.9 Å². The number of halogens is 2. The summed E-state index contributed by atoms with van der Waals surface area (Å²) < 4.78 is 26.6. The van der Waals surface area contributed by atoms with Gasteiger partial charge in [0, 0.05) is 6.20 Å². The Morgan fingerprint density at radius 3 is 2.39 bits per heavy atom. The maximum atomic E-state index is 13.3. The first-order chi connectivity index (χ1) is 8.58. The molecule has 92 valence electrons. The second-order valence-electron chi connectivity index (χ2n) is 3.59. The first-order valence-electron chi connectivity index (χ1n) is 5.12. The molecule has 18 heavy (non-hydrogen) atoms. The van der Waals surface area contributed by atoms with Gasteiger partial charge in [-0.2, -0.15) is 0 Å². The van der Waals surface area contributed by atoms with Crippen LogP contribution in [0.3, 0.4) is 0 Å². The van der Waals surface area contributed by atoms with Gasteiger partial charge in [0.1, 0.15) is 23.0 Å². The van der Waals surface area contributed by atoms with Crippen LogP contribution in [0.5, 0.6) is 0 Å². The van der Waals surface area contributed by atoms with Crippen LogP contribution < -0.4 is 5.32 Å². The Bertz CT molecular complexity index is 564. The molecule has 0 aliphatic carbocycles. The monoisotopic (exact) mass is 249 g/mol. The molecular formula is C12H9F2N3O. The Hall–Kier alpha value is -2.37. The molecule has 0 radical (unpaired) electrons. The zero-order valence-electron chi connectivity index (χ0n) is 9.45. The lowest BCUT2D eigenvalue weighted by atomic mass is 10.2. The van der Waals surface area contributed by atoms with E-state index in [9.17, 15) is 13.6 Å². The van der Waals surface area contributed by atoms with E-state index in [1.165, 1.54) is 18.5 Å². The molecule has 4 nitrogen and oxygen atoms in total. The van der Waals surface area contributed by atoms with Gasteiger partial charge in [0.25, 0.3) is 5.91 Å². The van der Waals surface area contributed by atoms with Gasteiger partial charge in [0.05, 0.1) is 11.9 Å². The maximum absolute atomic E-state index is 13.3. The van der Waals surface area contributed by atoms with Crippen molar-refractivity contribution in [1.82, 2.24) is 9.97 Å². The van der Waals surface area contributed by atoms with Crippen molar-refractivity contribution in [3.63, 3.8) is 0 Å². The zero-order valence-corrected chi connectivity index (χ0v) is 9.45. The number of hydrogen-bond acceptors (Lipinski definition) is 3. The summed E-state index contributed by atoms with van der Waals surface area (Å²) in [4.78, 5) is 19.4. The summed E-state index contributed by atoms with van der Waals surface area (Å²) in [6, 6.07) is 3.32. The van der Waals surface area contributed by atoms with Crippen LogP contribution in [0.1, 0.15) is 16.2 Å². The molecule has 0 spiro atoms. The summed E-state index contributed by atoms with van der Waals surface area (Å²) in [6.45, 7) is 1.71. The molecule has 0 aliphatic rings. The van der Waals surface area contributed by atoms with E-state index in [1.54, 1.807) is 6.92 Å². The van der Waals surface area contributed by atoms with Gasteiger partial charge >= 0.3 is 0 Å². The van der Waals surface area contributed by atoms with Crippen LogP contribution in [0.4, 0.5) is 14.5 Å². The van der Waals surface area contributed by atoms with Crippen molar-refractivity contribution < 1.29 is 13.6 Å². The molecule has 0 saturated heterocycles. The van der Waals surface area contributed by atoms with Crippen LogP contribution in [0.2, 0.25) is 0 Å². The number of nitrogens with zero attached hydrogens (tertiary/aromatic N) is 2. The van der Waals surface area contributed by atoms with Gasteiger partial charge in [-0.05, 0) is 19.1 Å². The van der Waals surface area contributed by atoms with Crippen molar-refractivity contribution in [2.24, 2.45) is 0 Å². The molecule has 0 fully saturated rings. The quantitative estimate of drug-likeness (QED) is 0.888. The number of nitrogens with one attached hydrogen (secondary N) is 1. The van der Waals surface area contributed by atoms with Crippen LogP contribution >= 0.6 is 0 Å². The highest BCUT2D eigenvalue weighted by Crippen LogP contribution is 2.18. The highest BCUT2D eigenvalue weighted by molar-refractivity contribution is 6.02. The van der Waals surface area contributed by atoms with Gasteiger partial charge in [-0.25, -0.2) is 13.8 Å². The lowest BCUT2D eigenvalue weighted by Crippen LogP contribution is -2.16. The van der Waals surface area contributed by atoms with Crippen molar-refractivity contribution in [2.45, 2.75) is 6.92 Å². The summed E-state index contributed by atoms with van der Waals surface area (Å²) in [5.41, 5.74) is 0.136. The number of rotatable bonds is 2. The van der Waals surface area contributed by atoms with E-state index in [2.05, 4.69) is 15.3 Å². The molecule has 6 heteroatoms. The number of aromatic nitrogens is 2. The number of carbonyl (C=O) groups excluding carboxylic acids is 1. The summed E-state index contributed by atoms with van der Waals surface area (Å²) >= 11 is 0. The third-order valence-electron chi connectivity index (χ3n) is 2.21. The Kier molecular flexibility index (Phi) is 3.27. The SMILES string of the molecule is Cc1cnc(C(=O)Nc2c(F)cccc2F)cn1. The fourth-order valence-electron chi connectivity index (χ4n) is 1.30. The molecule has 0 bridgehead atoms. The molecule has 1 heterocycles. The highest BCUT2D eigenvalue weighted by atomic mass is 19.1. The van der Waals surface area contributed by atoms with Crippen molar-refractivity contribution in [2.75, 3.05) is 5.32 Å². The van der Waals surface area contributed by atoms with Gasteiger partial charge in [0.15, 0.2) is 0 Å². The summed E-state index contributed by atoms with van der Waals surface area (Å²) in [7, 11) is 0. The van der Waals surface area contributed by atoms with Crippen LogP contribution in [0.15, 0.2) is 30.6 Å². The average Bonchev–Trinajstić information content (AvgIpc) is 2.34. The van der Waals surface area contributed by atoms with Gasteiger partial charge in [-0.3, -0.25) is 9.78 Å². The maximum Gasteiger partial charge on any atom is 0.276 e. The van der Waals surface area contributed by atoms with E-state index in [-0.39, 0.29) is 5.69 Å². The molecule has 2 rings (SSSR count). The Balaban J connectivity index is 2.24. The second kappa shape index (κ2) is 4.87. The van der Waals surface area contributed by atoms with E-state index in [1.807, 2.05) is 0 Å². The van der Waals surface area contributed by atoms with Crippen LogP contribution in [0.25, 0.3) is 0 Å². The highest BCUT2D eigenvalue weighted by Gasteiger charge is 2.14. The molecule has 0 saturated carbocycles. The predicted octanol–water partition coefficient (Wildman–Crippen LogP) is 2.32. The van der Waals surface area contributed by atoms with E-state index in [4.69, 9.17) is 0 Å². The number of anilines is 1. The van der Waals surface area contributed by atoms with E-state index >= 15 is 0 Å². The number of amides is 1. The number of para-hydroxylation sites is 1. The lowest BCUT2D eigenvalue weighted by molar-refractivity contribution is 0.102. The van der Waals surface area contributed by atoms with Gasteiger partial charge < -0.3 is 5.32 Å². The number of hydrogen-bond donors (Lipinski definition) is 1. The minimum absolute atomic E-state index is 0.0109. The van der Waals surface area contributed by atoms with Crippen molar-refractivity contribution in [3.8, 4) is 0 Å². The Morgan fingerprint density at radius 1 is 1.17 bits per heavy atom. The largest absolute Gasteiger partial charge is 0.316 e. The van der Waals surface area contributed by atoms with Crippen molar-refractivity contribution in [3.05, 3.63) is 53.6 Å². The molecule has 0 atom stereocenters.